The number of nitrogens with zero attached hydrogens (tertiary/aromatic N) is 1. The minimum Gasteiger partial charge on any atom is -0.490 e. The van der Waals surface area contributed by atoms with E-state index in [-0.39, 0.29) is 5.91 Å². The Hall–Kier alpha value is -2.24. The Bertz CT molecular complexity index is 698. The van der Waals surface area contributed by atoms with Gasteiger partial charge in [0.25, 0.3) is 0 Å². The van der Waals surface area contributed by atoms with Crippen molar-refractivity contribution in [2.45, 2.75) is 6.92 Å². The van der Waals surface area contributed by atoms with E-state index in [1.807, 2.05) is 30.3 Å². The predicted octanol–water partition coefficient (Wildman–Crippen LogP) is 3.92. The van der Waals surface area contributed by atoms with Gasteiger partial charge >= 0.3 is 0 Å². The van der Waals surface area contributed by atoms with Crippen LogP contribution in [-0.4, -0.2) is 25.3 Å². The molecule has 5 nitrogen and oxygen atoms in total. The van der Waals surface area contributed by atoms with E-state index in [1.54, 1.807) is 12.1 Å². The Balaban J connectivity index is 1.91. The van der Waals surface area contributed by atoms with Crippen LogP contribution >= 0.6 is 23.2 Å². The molecule has 1 N–H and O–H groups in total. The molecule has 2 aromatic rings. The van der Waals surface area contributed by atoms with Crippen molar-refractivity contribution < 1.29 is 14.3 Å². The second-order valence-electron chi connectivity index (χ2n) is 4.75. The second-order valence-corrected chi connectivity index (χ2v) is 5.56. The smallest absolute Gasteiger partial charge is 0.236 e. The number of hydrazone groups is 1. The molecule has 0 spiro atoms. The largest absolute Gasteiger partial charge is 0.490 e. The molecular formula is C17H16Cl2N2O3. The minimum atomic E-state index is -0.262. The molecule has 0 saturated carbocycles. The fourth-order valence-electron chi connectivity index (χ4n) is 1.81. The van der Waals surface area contributed by atoms with Crippen molar-refractivity contribution in [2.75, 3.05) is 13.2 Å². The Kier molecular flexibility index (Phi) is 6.90. The Morgan fingerprint density at radius 2 is 1.75 bits per heavy atom. The number of hydrogen-bond donors (Lipinski definition) is 1. The van der Waals surface area contributed by atoms with Crippen LogP contribution in [0, 0.1) is 0 Å². The number of carbonyl (C=O) groups excluding carboxylic acids is 1. The van der Waals surface area contributed by atoms with Gasteiger partial charge in [0.05, 0.1) is 16.3 Å². The molecule has 24 heavy (non-hydrogen) atoms. The normalized spacial score (nSPS) is 10.6. The average Bonchev–Trinajstić information content (AvgIpc) is 2.54. The number of halogens is 2. The van der Waals surface area contributed by atoms with Gasteiger partial charge in [-0.25, -0.2) is 5.43 Å². The fourth-order valence-corrected chi connectivity index (χ4v) is 2.42. The highest BCUT2D eigenvalue weighted by Gasteiger charge is 2.09. The summed E-state index contributed by atoms with van der Waals surface area (Å²) in [5.74, 6) is 0.885. The molecule has 0 aliphatic carbocycles. The zero-order chi connectivity index (χ0) is 17.4. The molecule has 0 saturated heterocycles. The maximum Gasteiger partial charge on any atom is 0.236 e. The van der Waals surface area contributed by atoms with Gasteiger partial charge in [-0.05, 0) is 29.8 Å². The van der Waals surface area contributed by atoms with Crippen molar-refractivity contribution in [3.63, 3.8) is 0 Å². The summed E-state index contributed by atoms with van der Waals surface area (Å²) >= 11 is 12.3. The molecule has 0 aromatic heterocycles. The van der Waals surface area contributed by atoms with Crippen LogP contribution in [-0.2, 0) is 4.79 Å². The predicted molar refractivity (Wildman–Crippen MR) is 95.3 cm³/mol. The molecule has 0 aliphatic rings. The van der Waals surface area contributed by atoms with Crippen LogP contribution in [0.5, 0.6) is 11.5 Å². The summed E-state index contributed by atoms with van der Waals surface area (Å²) in [6, 6.07) is 12.7. The van der Waals surface area contributed by atoms with Gasteiger partial charge in [-0.15, -0.1) is 0 Å². The summed E-state index contributed by atoms with van der Waals surface area (Å²) in [5, 5.41) is 4.47. The van der Waals surface area contributed by atoms with Crippen molar-refractivity contribution >= 4 is 35.3 Å². The molecule has 0 unspecified atom stereocenters. The second kappa shape index (κ2) is 9.15. The van der Waals surface area contributed by atoms with E-state index in [1.165, 1.54) is 13.1 Å². The number of para-hydroxylation sites is 1. The summed E-state index contributed by atoms with van der Waals surface area (Å²) in [5.41, 5.74) is 2.95. The van der Waals surface area contributed by atoms with Crippen LogP contribution in [0.4, 0.5) is 0 Å². The van der Waals surface area contributed by atoms with E-state index >= 15 is 0 Å². The Morgan fingerprint density at radius 3 is 2.38 bits per heavy atom. The molecule has 0 radical (unpaired) electrons. The molecular weight excluding hydrogens is 351 g/mol. The first-order valence-corrected chi connectivity index (χ1v) is 7.91. The number of nitrogens with one attached hydrogen (secondary N) is 1. The van der Waals surface area contributed by atoms with Crippen LogP contribution in [0.2, 0.25) is 10.0 Å². The number of hydrogen-bond acceptors (Lipinski definition) is 4. The maximum atomic E-state index is 10.8. The first kappa shape index (κ1) is 18.1. The van der Waals surface area contributed by atoms with Crippen LogP contribution < -0.4 is 14.9 Å². The van der Waals surface area contributed by atoms with E-state index in [4.69, 9.17) is 32.7 Å². The standard InChI is InChI=1S/C17H16Cl2N2O3/c1-12(22)21-20-11-13-9-15(18)17(16(19)10-13)24-8-7-23-14-5-3-2-4-6-14/h2-6,9-11H,7-8H2,1H3,(H,21,22)/b20-11+. The van der Waals surface area contributed by atoms with Crippen LogP contribution in [0.15, 0.2) is 47.6 Å². The molecule has 7 heteroatoms. The number of rotatable bonds is 7. The molecule has 0 atom stereocenters. The third kappa shape index (κ3) is 5.76. The van der Waals surface area contributed by atoms with E-state index in [9.17, 15) is 4.79 Å². The SMILES string of the molecule is CC(=O)N/N=C/c1cc(Cl)c(OCCOc2ccccc2)c(Cl)c1. The van der Waals surface area contributed by atoms with Gasteiger partial charge in [-0.2, -0.15) is 5.10 Å². The lowest BCUT2D eigenvalue weighted by Gasteiger charge is -2.11. The van der Waals surface area contributed by atoms with Crippen LogP contribution in [0.25, 0.3) is 0 Å². The highest BCUT2D eigenvalue weighted by Crippen LogP contribution is 2.33. The third-order valence-electron chi connectivity index (χ3n) is 2.80. The summed E-state index contributed by atoms with van der Waals surface area (Å²) < 4.78 is 11.1. The molecule has 126 valence electrons. The van der Waals surface area contributed by atoms with E-state index in [0.717, 1.165) is 5.75 Å². The van der Waals surface area contributed by atoms with Gasteiger partial charge in [0.15, 0.2) is 5.75 Å². The summed E-state index contributed by atoms with van der Waals surface area (Å²) in [7, 11) is 0. The van der Waals surface area contributed by atoms with Gasteiger partial charge in [-0.3, -0.25) is 4.79 Å². The highest BCUT2D eigenvalue weighted by atomic mass is 35.5. The molecule has 0 fully saturated rings. The molecule has 2 rings (SSSR count). The zero-order valence-electron chi connectivity index (χ0n) is 13.0. The average molecular weight is 367 g/mol. The quantitative estimate of drug-likeness (QED) is 0.458. The Morgan fingerprint density at radius 1 is 1.12 bits per heavy atom. The van der Waals surface area contributed by atoms with Crippen molar-refractivity contribution in [3.05, 3.63) is 58.1 Å². The van der Waals surface area contributed by atoms with Gasteiger partial charge in [0, 0.05) is 6.92 Å². The van der Waals surface area contributed by atoms with Gasteiger partial charge < -0.3 is 9.47 Å². The lowest BCUT2D eigenvalue weighted by atomic mass is 10.2. The minimum absolute atomic E-state index is 0.262. The molecule has 0 aliphatic heterocycles. The molecule has 0 bridgehead atoms. The monoisotopic (exact) mass is 366 g/mol. The van der Waals surface area contributed by atoms with Crippen molar-refractivity contribution in [2.24, 2.45) is 5.10 Å². The lowest BCUT2D eigenvalue weighted by Crippen LogP contribution is -2.12. The number of amides is 1. The van der Waals surface area contributed by atoms with Crippen molar-refractivity contribution in [1.29, 1.82) is 0 Å². The van der Waals surface area contributed by atoms with E-state index in [2.05, 4.69) is 10.5 Å². The zero-order valence-corrected chi connectivity index (χ0v) is 14.5. The molecule has 1 amide bonds. The lowest BCUT2D eigenvalue weighted by molar-refractivity contribution is -0.118. The van der Waals surface area contributed by atoms with Crippen molar-refractivity contribution in [1.82, 2.24) is 5.43 Å². The summed E-state index contributed by atoms with van der Waals surface area (Å²) in [4.78, 5) is 10.8. The van der Waals surface area contributed by atoms with E-state index < -0.39 is 0 Å². The Labute approximate surface area is 150 Å². The van der Waals surface area contributed by atoms with Gasteiger partial charge in [0.2, 0.25) is 5.91 Å². The summed E-state index contributed by atoms with van der Waals surface area (Å²) in [6.07, 6.45) is 1.45. The number of carbonyl (C=O) groups is 1. The first-order valence-electron chi connectivity index (χ1n) is 7.15. The third-order valence-corrected chi connectivity index (χ3v) is 3.36. The molecule has 2 aromatic carbocycles. The first-order chi connectivity index (χ1) is 11.6. The van der Waals surface area contributed by atoms with Crippen molar-refractivity contribution in [3.8, 4) is 11.5 Å². The van der Waals surface area contributed by atoms with E-state index in [0.29, 0.717) is 34.6 Å². The maximum absolute atomic E-state index is 10.8. The number of ether oxygens (including phenoxy) is 2. The fraction of sp³-hybridized carbons (Fsp3) is 0.176. The van der Waals surface area contributed by atoms with Crippen LogP contribution in [0.3, 0.4) is 0 Å². The summed E-state index contributed by atoms with van der Waals surface area (Å²) in [6.45, 7) is 2.03. The molecule has 0 heterocycles. The van der Waals surface area contributed by atoms with Gasteiger partial charge in [-0.1, -0.05) is 41.4 Å². The van der Waals surface area contributed by atoms with Crippen LogP contribution in [0.1, 0.15) is 12.5 Å². The highest BCUT2D eigenvalue weighted by molar-refractivity contribution is 6.37. The van der Waals surface area contributed by atoms with Gasteiger partial charge in [0.1, 0.15) is 19.0 Å². The topological polar surface area (TPSA) is 59.9 Å². The number of benzene rings is 2.